The first kappa shape index (κ1) is 23.3. The van der Waals surface area contributed by atoms with Crippen LogP contribution in [0, 0.1) is 0 Å². The Morgan fingerprint density at radius 1 is 1.38 bits per heavy atom. The predicted octanol–water partition coefficient (Wildman–Crippen LogP) is 1.74. The van der Waals surface area contributed by atoms with Crippen LogP contribution in [0.25, 0.3) is 0 Å². The van der Waals surface area contributed by atoms with E-state index in [2.05, 4.69) is 20.3 Å². The Bertz CT molecular complexity index is 874. The van der Waals surface area contributed by atoms with Crippen molar-refractivity contribution < 1.29 is 17.9 Å². The summed E-state index contributed by atoms with van der Waals surface area (Å²) in [6.07, 6.45) is 2.66. The second-order valence-corrected chi connectivity index (χ2v) is 9.08. The van der Waals surface area contributed by atoms with Gasteiger partial charge in [0.05, 0.1) is 18.9 Å². The highest BCUT2D eigenvalue weighted by molar-refractivity contribution is 8.02. The van der Waals surface area contributed by atoms with Crippen molar-refractivity contribution in [2.45, 2.75) is 37.8 Å². The van der Waals surface area contributed by atoms with Crippen LogP contribution in [0.4, 0.5) is 0 Å². The quantitative estimate of drug-likeness (QED) is 0.481. The van der Waals surface area contributed by atoms with Gasteiger partial charge in [-0.1, -0.05) is 13.0 Å². The molecule has 0 bridgehead atoms. The molecule has 1 aliphatic heterocycles. The second kappa shape index (κ2) is 10.7. The topological polar surface area (TPSA) is 99.8 Å². The molecule has 29 heavy (non-hydrogen) atoms. The fraction of sp³-hybridized carbons (Fsp3) is 0.444. The van der Waals surface area contributed by atoms with E-state index in [1.54, 1.807) is 30.8 Å². The van der Waals surface area contributed by atoms with Crippen LogP contribution >= 0.6 is 24.0 Å². The van der Waals surface area contributed by atoms with Gasteiger partial charge in [-0.3, -0.25) is 9.52 Å². The Labute approximate surface area is 181 Å². The first-order chi connectivity index (χ1) is 13.8. The van der Waals surface area contributed by atoms with Gasteiger partial charge in [0.15, 0.2) is 5.11 Å². The van der Waals surface area contributed by atoms with Crippen LogP contribution in [0.1, 0.15) is 25.8 Å². The third-order valence-corrected chi connectivity index (χ3v) is 6.67. The number of hydrogen-bond acceptors (Lipinski definition) is 7. The van der Waals surface area contributed by atoms with Crippen LogP contribution in [0.15, 0.2) is 34.7 Å². The van der Waals surface area contributed by atoms with Gasteiger partial charge in [0.2, 0.25) is 5.91 Å². The number of nitrogens with one attached hydrogen (secondary N) is 3. The van der Waals surface area contributed by atoms with Gasteiger partial charge in [-0.15, -0.1) is 11.8 Å². The van der Waals surface area contributed by atoms with Crippen molar-refractivity contribution >= 4 is 45.0 Å². The van der Waals surface area contributed by atoms with E-state index in [0.717, 1.165) is 12.3 Å². The molecule has 1 amide bonds. The summed E-state index contributed by atoms with van der Waals surface area (Å²) < 4.78 is 33.1. The van der Waals surface area contributed by atoms with Crippen LogP contribution in [-0.4, -0.2) is 50.0 Å². The molecule has 0 radical (unpaired) electrons. The fourth-order valence-electron chi connectivity index (χ4n) is 2.70. The molecule has 0 spiro atoms. The molecule has 0 aliphatic carbocycles. The monoisotopic (exact) mass is 458 g/mol. The largest absolute Gasteiger partial charge is 0.492 e. The molecule has 11 heteroatoms. The number of nitrogens with zero attached hydrogens (tertiary/aromatic N) is 1. The molecule has 0 fully saturated rings. The van der Waals surface area contributed by atoms with Crippen molar-refractivity contribution in [2.24, 2.45) is 0 Å². The number of hydrogen-bond donors (Lipinski definition) is 3. The number of ether oxygens (including phenoxy) is 1. The van der Waals surface area contributed by atoms with Gasteiger partial charge >= 0.3 is 0 Å². The van der Waals surface area contributed by atoms with Crippen LogP contribution in [0.5, 0.6) is 5.75 Å². The fourth-order valence-corrected chi connectivity index (χ4v) is 4.95. The molecule has 2 rings (SSSR count). The first-order valence-corrected chi connectivity index (χ1v) is 12.1. The highest BCUT2D eigenvalue weighted by Crippen LogP contribution is 2.26. The van der Waals surface area contributed by atoms with Crippen molar-refractivity contribution in [3.05, 3.63) is 35.4 Å². The minimum atomic E-state index is -3.95. The lowest BCUT2D eigenvalue weighted by Gasteiger charge is -2.27. The van der Waals surface area contributed by atoms with E-state index in [1.165, 1.54) is 13.1 Å². The van der Waals surface area contributed by atoms with Crippen LogP contribution in [0.2, 0.25) is 0 Å². The summed E-state index contributed by atoms with van der Waals surface area (Å²) in [7, 11) is -2.43. The standard InChI is InChI=1S/C18H26N4O4S3/c1-4-16(22-8-9-28-12-22)20-17(23)11-13-6-7-14(26-5-2)15(10-13)29(24,25)21-18(27)19-3/h6-10,16H,4-5,11-12H2,1-3H3,(H,20,23)(H2,19,21,27). The van der Waals surface area contributed by atoms with E-state index in [-0.39, 0.29) is 34.3 Å². The maximum atomic E-state index is 12.7. The van der Waals surface area contributed by atoms with Crippen LogP contribution in [-0.2, 0) is 21.2 Å². The normalized spacial score (nSPS) is 14.4. The molecule has 3 N–H and O–H groups in total. The van der Waals surface area contributed by atoms with Crippen molar-refractivity contribution in [2.75, 3.05) is 19.5 Å². The highest BCUT2D eigenvalue weighted by atomic mass is 32.2. The summed E-state index contributed by atoms with van der Waals surface area (Å²) in [4.78, 5) is 14.5. The molecule has 0 saturated heterocycles. The SMILES string of the molecule is CCOc1ccc(CC(=O)NC(CC)N2C=CSC2)cc1S(=O)(=O)NC(=S)NC. The third kappa shape index (κ3) is 6.51. The molecule has 1 aromatic carbocycles. The summed E-state index contributed by atoms with van der Waals surface area (Å²) in [6.45, 7) is 4.07. The number of benzene rings is 1. The van der Waals surface area contributed by atoms with E-state index >= 15 is 0 Å². The molecule has 160 valence electrons. The van der Waals surface area contributed by atoms with Gasteiger partial charge in [-0.2, -0.15) is 0 Å². The molecule has 1 heterocycles. The zero-order chi connectivity index (χ0) is 21.4. The third-order valence-electron chi connectivity index (χ3n) is 4.10. The zero-order valence-electron chi connectivity index (χ0n) is 16.6. The van der Waals surface area contributed by atoms with E-state index in [9.17, 15) is 13.2 Å². The summed E-state index contributed by atoms with van der Waals surface area (Å²) in [5.41, 5.74) is 0.558. The van der Waals surface area contributed by atoms with Gasteiger partial charge in [0, 0.05) is 13.2 Å². The van der Waals surface area contributed by atoms with Crippen LogP contribution in [0.3, 0.4) is 0 Å². The molecular weight excluding hydrogens is 432 g/mol. The number of carbonyl (C=O) groups is 1. The van der Waals surface area contributed by atoms with Crippen molar-refractivity contribution in [3.63, 3.8) is 0 Å². The molecule has 8 nitrogen and oxygen atoms in total. The van der Waals surface area contributed by atoms with Crippen molar-refractivity contribution in [1.82, 2.24) is 20.3 Å². The summed E-state index contributed by atoms with van der Waals surface area (Å²) in [6, 6.07) is 4.69. The summed E-state index contributed by atoms with van der Waals surface area (Å²) in [5, 5.41) is 7.52. The average Bonchev–Trinajstić information content (AvgIpc) is 3.21. The number of carbonyl (C=O) groups excluding carboxylic acids is 1. The van der Waals surface area contributed by atoms with Gasteiger partial charge in [0.25, 0.3) is 10.0 Å². The van der Waals surface area contributed by atoms with Crippen molar-refractivity contribution in [1.29, 1.82) is 0 Å². The first-order valence-electron chi connectivity index (χ1n) is 9.14. The Balaban J connectivity index is 2.19. The second-order valence-electron chi connectivity index (χ2n) is 6.16. The predicted molar refractivity (Wildman–Crippen MR) is 119 cm³/mol. The maximum Gasteiger partial charge on any atom is 0.267 e. The highest BCUT2D eigenvalue weighted by Gasteiger charge is 2.23. The average molecular weight is 459 g/mol. The lowest BCUT2D eigenvalue weighted by molar-refractivity contribution is -0.122. The molecule has 0 aromatic heterocycles. The van der Waals surface area contributed by atoms with Gasteiger partial charge in [0.1, 0.15) is 16.8 Å². The number of amides is 1. The molecule has 1 aromatic rings. The van der Waals surface area contributed by atoms with Gasteiger partial charge in [-0.05, 0) is 48.7 Å². The Morgan fingerprint density at radius 2 is 2.14 bits per heavy atom. The lowest BCUT2D eigenvalue weighted by Crippen LogP contribution is -2.45. The zero-order valence-corrected chi connectivity index (χ0v) is 19.0. The lowest BCUT2D eigenvalue weighted by atomic mass is 10.1. The smallest absolute Gasteiger partial charge is 0.267 e. The number of sulfonamides is 1. The molecule has 0 saturated carbocycles. The van der Waals surface area contributed by atoms with E-state index < -0.39 is 10.0 Å². The van der Waals surface area contributed by atoms with Gasteiger partial charge in [-0.25, -0.2) is 8.42 Å². The summed E-state index contributed by atoms with van der Waals surface area (Å²) in [5.74, 6) is 0.809. The number of thiocarbonyl (C=S) groups is 1. The Kier molecular flexibility index (Phi) is 8.60. The minimum absolute atomic E-state index is 0.0297. The number of rotatable bonds is 9. The molecule has 1 atom stereocenters. The molecular formula is C18H26N4O4S3. The van der Waals surface area contributed by atoms with Gasteiger partial charge < -0.3 is 20.3 Å². The molecule has 1 unspecified atom stereocenters. The van der Waals surface area contributed by atoms with E-state index in [4.69, 9.17) is 17.0 Å². The molecule has 1 aliphatic rings. The maximum absolute atomic E-state index is 12.7. The number of thioether (sulfide) groups is 1. The Morgan fingerprint density at radius 3 is 2.72 bits per heavy atom. The summed E-state index contributed by atoms with van der Waals surface area (Å²) >= 11 is 6.57. The Hall–Kier alpha value is -1.98. The minimum Gasteiger partial charge on any atom is -0.492 e. The van der Waals surface area contributed by atoms with E-state index in [1.807, 2.05) is 18.5 Å². The van der Waals surface area contributed by atoms with E-state index in [0.29, 0.717) is 12.2 Å². The van der Waals surface area contributed by atoms with Crippen LogP contribution < -0.4 is 20.1 Å². The van der Waals surface area contributed by atoms with Crippen molar-refractivity contribution in [3.8, 4) is 5.75 Å².